The summed E-state index contributed by atoms with van der Waals surface area (Å²) < 4.78 is 12.1. The van der Waals surface area contributed by atoms with Gasteiger partial charge >= 0.3 is 0 Å². The topological polar surface area (TPSA) is 61.9 Å². The summed E-state index contributed by atoms with van der Waals surface area (Å²) in [5.74, 6) is 2.20. The lowest BCUT2D eigenvalue weighted by Crippen LogP contribution is -2.22. The van der Waals surface area contributed by atoms with Crippen molar-refractivity contribution in [1.29, 1.82) is 5.41 Å². The fourth-order valence-corrected chi connectivity index (χ4v) is 3.30. The second-order valence-electron chi connectivity index (χ2n) is 7.26. The minimum Gasteiger partial charge on any atom is -0.391 e. The lowest BCUT2D eigenvalue weighted by atomic mass is 9.74. The van der Waals surface area contributed by atoms with Crippen molar-refractivity contribution in [3.8, 4) is 0 Å². The number of hydrogen-bond donors (Lipinski definition) is 3. The monoisotopic (exact) mass is 377 g/mol. The molecule has 2 atom stereocenters. The van der Waals surface area contributed by atoms with E-state index in [9.17, 15) is 4.39 Å². The van der Waals surface area contributed by atoms with E-state index in [1.54, 1.807) is 12.2 Å². The zero-order valence-corrected chi connectivity index (χ0v) is 17.1. The maximum absolute atomic E-state index is 12.1. The zero-order valence-electron chi connectivity index (χ0n) is 17.1. The molecular formula is C23H40FN3. The van der Waals surface area contributed by atoms with Crippen molar-refractivity contribution in [2.45, 2.75) is 51.9 Å². The third-order valence-corrected chi connectivity index (χ3v) is 5.20. The van der Waals surface area contributed by atoms with Crippen LogP contribution < -0.4 is 11.1 Å². The molecule has 1 aliphatic rings. The molecule has 0 bridgehead atoms. The van der Waals surface area contributed by atoms with Crippen molar-refractivity contribution < 1.29 is 4.39 Å². The van der Waals surface area contributed by atoms with Crippen LogP contribution in [0.15, 0.2) is 50.0 Å². The number of hydrogen-bond acceptors (Lipinski definition) is 3. The SMILES string of the molecule is C=CC(C)C=N.C=CC(C/C=C/F)C1CCC(CCN/C=C/CCN)CC1. The van der Waals surface area contributed by atoms with Gasteiger partial charge in [0, 0.05) is 18.7 Å². The highest BCUT2D eigenvalue weighted by Gasteiger charge is 2.25. The summed E-state index contributed by atoms with van der Waals surface area (Å²) in [6.07, 6.45) is 19.6. The maximum Gasteiger partial charge on any atom is 0.0827 e. The Balaban J connectivity index is 0.000000972. The molecule has 3 nitrogen and oxygen atoms in total. The van der Waals surface area contributed by atoms with Gasteiger partial charge in [0.2, 0.25) is 0 Å². The zero-order chi connectivity index (χ0) is 20.3. The molecular weight excluding hydrogens is 337 g/mol. The Morgan fingerprint density at radius 1 is 1.19 bits per heavy atom. The lowest BCUT2D eigenvalue weighted by molar-refractivity contribution is 0.222. The van der Waals surface area contributed by atoms with Gasteiger partial charge in [0.25, 0.3) is 0 Å². The molecule has 0 aromatic carbocycles. The van der Waals surface area contributed by atoms with Crippen LogP contribution in [0.5, 0.6) is 0 Å². The summed E-state index contributed by atoms with van der Waals surface area (Å²) in [6, 6.07) is 0. The third kappa shape index (κ3) is 13.2. The Kier molecular flexibility index (Phi) is 16.6. The van der Waals surface area contributed by atoms with E-state index in [1.165, 1.54) is 38.3 Å². The molecule has 0 aliphatic heterocycles. The van der Waals surface area contributed by atoms with Crippen LogP contribution in [0.1, 0.15) is 51.9 Å². The first-order valence-electron chi connectivity index (χ1n) is 10.2. The van der Waals surface area contributed by atoms with Crippen LogP contribution in [0.25, 0.3) is 0 Å². The van der Waals surface area contributed by atoms with E-state index in [-0.39, 0.29) is 5.92 Å². The van der Waals surface area contributed by atoms with Crippen LogP contribution in [0, 0.1) is 29.1 Å². The predicted octanol–water partition coefficient (Wildman–Crippen LogP) is 5.77. The van der Waals surface area contributed by atoms with Crippen molar-refractivity contribution >= 4 is 6.21 Å². The van der Waals surface area contributed by atoms with Gasteiger partial charge in [-0.15, -0.1) is 13.2 Å². The number of nitrogens with one attached hydrogen (secondary N) is 2. The molecule has 2 unspecified atom stereocenters. The molecule has 1 rings (SSSR count). The standard InChI is InChI=1S/C18H31FN2.C5H9N/c1-2-17(6-5-12-19)18-9-7-16(8-10-18)11-15-21-14-4-3-13-20;1-3-5(2)4-6/h2,4-5,12,14,16-18,21H,1,3,6-11,13,15,20H2;3-6H,1H2,2H3/b12-5+,14-4+;. The van der Waals surface area contributed by atoms with E-state index in [1.807, 2.05) is 19.2 Å². The molecule has 1 saturated carbocycles. The van der Waals surface area contributed by atoms with E-state index in [2.05, 4.69) is 24.6 Å². The first-order valence-corrected chi connectivity index (χ1v) is 10.2. The van der Waals surface area contributed by atoms with Crippen LogP contribution in [0.2, 0.25) is 0 Å². The Labute approximate surface area is 166 Å². The van der Waals surface area contributed by atoms with E-state index in [0.29, 0.717) is 24.7 Å². The third-order valence-electron chi connectivity index (χ3n) is 5.20. The number of allylic oxidation sites excluding steroid dienone is 3. The summed E-state index contributed by atoms with van der Waals surface area (Å²) in [6.45, 7) is 11.1. The summed E-state index contributed by atoms with van der Waals surface area (Å²) in [4.78, 5) is 0. The van der Waals surface area contributed by atoms with Crippen LogP contribution in [0.4, 0.5) is 4.39 Å². The average molecular weight is 378 g/mol. The van der Waals surface area contributed by atoms with Crippen molar-refractivity contribution in [2.24, 2.45) is 29.4 Å². The van der Waals surface area contributed by atoms with Gasteiger partial charge in [-0.1, -0.05) is 44.1 Å². The fourth-order valence-electron chi connectivity index (χ4n) is 3.30. The van der Waals surface area contributed by atoms with E-state index >= 15 is 0 Å². The van der Waals surface area contributed by atoms with Crippen molar-refractivity contribution in [3.05, 3.63) is 50.0 Å². The molecule has 0 saturated heterocycles. The van der Waals surface area contributed by atoms with Gasteiger partial charge in [-0.2, -0.15) is 0 Å². The molecule has 0 aromatic rings. The molecule has 1 aliphatic carbocycles. The summed E-state index contributed by atoms with van der Waals surface area (Å²) in [5, 5.41) is 9.95. The first kappa shape index (κ1) is 25.3. The number of rotatable bonds is 12. The Morgan fingerprint density at radius 2 is 1.89 bits per heavy atom. The maximum atomic E-state index is 12.1. The Bertz CT molecular complexity index is 429. The molecule has 4 heteroatoms. The fraction of sp³-hybridized carbons (Fsp3) is 0.609. The summed E-state index contributed by atoms with van der Waals surface area (Å²) in [7, 11) is 0. The van der Waals surface area contributed by atoms with Gasteiger partial charge in [-0.25, -0.2) is 4.39 Å². The molecule has 27 heavy (non-hydrogen) atoms. The Morgan fingerprint density at radius 3 is 2.37 bits per heavy atom. The highest BCUT2D eigenvalue weighted by Crippen LogP contribution is 2.36. The molecule has 0 heterocycles. The van der Waals surface area contributed by atoms with Crippen LogP contribution >= 0.6 is 0 Å². The smallest absolute Gasteiger partial charge is 0.0827 e. The molecule has 0 amide bonds. The van der Waals surface area contributed by atoms with Gasteiger partial charge in [0.05, 0.1) is 6.33 Å². The molecule has 1 fully saturated rings. The largest absolute Gasteiger partial charge is 0.391 e. The van der Waals surface area contributed by atoms with Gasteiger partial charge in [0.15, 0.2) is 0 Å². The Hall–Kier alpha value is -1.68. The normalized spacial score (nSPS) is 21.9. The molecule has 0 spiro atoms. The molecule has 0 aromatic heterocycles. The highest BCUT2D eigenvalue weighted by molar-refractivity contribution is 5.58. The predicted molar refractivity (Wildman–Crippen MR) is 118 cm³/mol. The highest BCUT2D eigenvalue weighted by atomic mass is 19.1. The minimum absolute atomic E-state index is 0.241. The molecule has 154 valence electrons. The average Bonchev–Trinajstić information content (AvgIpc) is 2.72. The molecule has 0 radical (unpaired) electrons. The van der Waals surface area contributed by atoms with Crippen molar-refractivity contribution in [3.63, 3.8) is 0 Å². The van der Waals surface area contributed by atoms with Gasteiger partial charge in [0.1, 0.15) is 0 Å². The first-order chi connectivity index (χ1) is 13.1. The lowest BCUT2D eigenvalue weighted by Gasteiger charge is -2.32. The quantitative estimate of drug-likeness (QED) is 0.230. The van der Waals surface area contributed by atoms with Gasteiger partial charge in [-0.3, -0.25) is 0 Å². The number of nitrogens with two attached hydrogens (primary N) is 1. The van der Waals surface area contributed by atoms with E-state index < -0.39 is 0 Å². The summed E-state index contributed by atoms with van der Waals surface area (Å²) >= 11 is 0. The number of halogens is 1. The van der Waals surface area contributed by atoms with Gasteiger partial charge in [-0.05, 0) is 62.6 Å². The van der Waals surface area contributed by atoms with Crippen molar-refractivity contribution in [2.75, 3.05) is 13.1 Å². The van der Waals surface area contributed by atoms with Gasteiger partial charge < -0.3 is 16.5 Å². The van der Waals surface area contributed by atoms with E-state index in [4.69, 9.17) is 11.1 Å². The molecule has 4 N–H and O–H groups in total. The van der Waals surface area contributed by atoms with Crippen LogP contribution in [-0.4, -0.2) is 19.3 Å². The second kappa shape index (κ2) is 17.7. The summed E-state index contributed by atoms with van der Waals surface area (Å²) in [5.41, 5.74) is 5.43. The minimum atomic E-state index is 0.241. The van der Waals surface area contributed by atoms with Crippen LogP contribution in [-0.2, 0) is 0 Å². The van der Waals surface area contributed by atoms with Crippen molar-refractivity contribution in [1.82, 2.24) is 5.32 Å². The van der Waals surface area contributed by atoms with Crippen LogP contribution in [0.3, 0.4) is 0 Å². The van der Waals surface area contributed by atoms with E-state index in [0.717, 1.165) is 25.3 Å². The second-order valence-corrected chi connectivity index (χ2v) is 7.26.